The Hall–Kier alpha value is -2.08. The van der Waals surface area contributed by atoms with E-state index >= 15 is 0 Å². The zero-order valence-corrected chi connectivity index (χ0v) is 16.1. The van der Waals surface area contributed by atoms with Gasteiger partial charge < -0.3 is 9.80 Å². The first-order valence-electron chi connectivity index (χ1n) is 9.54. The molecule has 26 heavy (non-hydrogen) atoms. The van der Waals surface area contributed by atoms with Crippen LogP contribution in [0.3, 0.4) is 0 Å². The molecule has 2 heterocycles. The lowest BCUT2D eigenvalue weighted by Crippen LogP contribution is -2.31. The van der Waals surface area contributed by atoms with Crippen LogP contribution in [0.1, 0.15) is 41.8 Å². The van der Waals surface area contributed by atoms with E-state index in [1.54, 1.807) is 16.2 Å². The minimum Gasteiger partial charge on any atom is -0.371 e. The minimum absolute atomic E-state index is 0.0904. The highest BCUT2D eigenvalue weighted by molar-refractivity contribution is 7.15. The normalized spacial score (nSPS) is 16.4. The summed E-state index contributed by atoms with van der Waals surface area (Å²) in [4.78, 5) is 22.8. The molecule has 2 amide bonds. The molecule has 6 heteroatoms. The van der Waals surface area contributed by atoms with Crippen molar-refractivity contribution < 1.29 is 4.79 Å². The predicted molar refractivity (Wildman–Crippen MR) is 107 cm³/mol. The first-order valence-corrected chi connectivity index (χ1v) is 10.4. The number of carbonyl (C=O) groups is 1. The number of aryl methyl sites for hydroxylation is 2. The fraction of sp³-hybridized carbons (Fsp3) is 0.500. The highest BCUT2D eigenvalue weighted by Crippen LogP contribution is 2.30. The van der Waals surface area contributed by atoms with E-state index in [-0.39, 0.29) is 6.03 Å². The van der Waals surface area contributed by atoms with Crippen molar-refractivity contribution in [3.63, 3.8) is 0 Å². The molecule has 1 fully saturated rings. The number of amides is 2. The number of thiazole rings is 1. The Labute approximate surface area is 159 Å². The number of hydrogen-bond donors (Lipinski definition) is 1. The number of anilines is 2. The molecule has 1 aromatic carbocycles. The molecule has 1 saturated heterocycles. The lowest BCUT2D eigenvalue weighted by molar-refractivity contribution is 0.220. The van der Waals surface area contributed by atoms with Crippen LogP contribution in [-0.4, -0.2) is 36.1 Å². The molecule has 0 unspecified atom stereocenters. The lowest BCUT2D eigenvalue weighted by Gasteiger charge is -2.24. The van der Waals surface area contributed by atoms with Crippen LogP contribution in [0.4, 0.5) is 15.6 Å². The minimum atomic E-state index is -0.0904. The molecule has 1 N–H and O–H groups in total. The monoisotopic (exact) mass is 370 g/mol. The van der Waals surface area contributed by atoms with Crippen molar-refractivity contribution in [1.29, 1.82) is 0 Å². The Morgan fingerprint density at radius 1 is 1.19 bits per heavy atom. The van der Waals surface area contributed by atoms with Gasteiger partial charge in [0, 0.05) is 37.2 Å². The quantitative estimate of drug-likeness (QED) is 0.873. The lowest BCUT2D eigenvalue weighted by atomic mass is 10.0. The number of para-hydroxylation sites is 1. The van der Waals surface area contributed by atoms with Crippen LogP contribution in [0.5, 0.6) is 0 Å². The summed E-state index contributed by atoms with van der Waals surface area (Å²) < 4.78 is 0. The van der Waals surface area contributed by atoms with E-state index in [1.807, 2.05) is 7.05 Å². The van der Waals surface area contributed by atoms with Crippen LogP contribution in [0.2, 0.25) is 0 Å². The van der Waals surface area contributed by atoms with Gasteiger partial charge in [0.1, 0.15) is 0 Å². The topological polar surface area (TPSA) is 48.5 Å². The number of urea groups is 1. The number of nitrogens with one attached hydrogen (secondary N) is 1. The van der Waals surface area contributed by atoms with E-state index in [0.717, 1.165) is 31.1 Å². The van der Waals surface area contributed by atoms with Crippen molar-refractivity contribution >= 4 is 28.2 Å². The highest BCUT2D eigenvalue weighted by Gasteiger charge is 2.20. The molecule has 1 aromatic heterocycles. The van der Waals surface area contributed by atoms with Gasteiger partial charge in [-0.15, -0.1) is 11.3 Å². The van der Waals surface area contributed by atoms with Crippen LogP contribution in [0.15, 0.2) is 24.3 Å². The fourth-order valence-electron chi connectivity index (χ4n) is 3.83. The Kier molecular flexibility index (Phi) is 5.11. The Bertz CT molecular complexity index is 758. The predicted octanol–water partition coefficient (Wildman–Crippen LogP) is 4.29. The van der Waals surface area contributed by atoms with Crippen LogP contribution in [0, 0.1) is 0 Å². The molecular weight excluding hydrogens is 344 g/mol. The van der Waals surface area contributed by atoms with Crippen molar-refractivity contribution in [2.45, 2.75) is 45.1 Å². The number of rotatable bonds is 4. The number of benzene rings is 1. The summed E-state index contributed by atoms with van der Waals surface area (Å²) in [6.07, 6.45) is 7.08. The molecule has 2 aliphatic rings. The average molecular weight is 371 g/mol. The van der Waals surface area contributed by atoms with Gasteiger partial charge in [0.05, 0.1) is 5.69 Å². The third-order valence-corrected chi connectivity index (χ3v) is 6.32. The summed E-state index contributed by atoms with van der Waals surface area (Å²) in [5, 5.41) is 3.73. The van der Waals surface area contributed by atoms with Gasteiger partial charge >= 0.3 is 6.03 Å². The summed E-state index contributed by atoms with van der Waals surface area (Å²) in [5.41, 5.74) is 3.64. The van der Waals surface area contributed by atoms with Gasteiger partial charge in [-0.2, -0.15) is 0 Å². The van der Waals surface area contributed by atoms with Crippen molar-refractivity contribution in [3.8, 4) is 0 Å². The fourth-order valence-corrected chi connectivity index (χ4v) is 4.87. The maximum Gasteiger partial charge on any atom is 0.323 e. The number of nitrogens with zero attached hydrogens (tertiary/aromatic N) is 3. The van der Waals surface area contributed by atoms with Gasteiger partial charge in [-0.1, -0.05) is 18.2 Å². The van der Waals surface area contributed by atoms with Gasteiger partial charge in [-0.3, -0.25) is 5.32 Å². The average Bonchev–Trinajstić information content (AvgIpc) is 3.31. The third-order valence-electron chi connectivity index (χ3n) is 5.25. The first kappa shape index (κ1) is 17.3. The summed E-state index contributed by atoms with van der Waals surface area (Å²) in [7, 11) is 1.85. The number of fused-ring (bicyclic) bond motifs is 1. The van der Waals surface area contributed by atoms with Crippen molar-refractivity contribution in [2.75, 3.05) is 30.4 Å². The van der Waals surface area contributed by atoms with Crippen LogP contribution in [0.25, 0.3) is 0 Å². The molecule has 0 saturated carbocycles. The summed E-state index contributed by atoms with van der Waals surface area (Å²) in [5.74, 6) is 0. The molecule has 5 nitrogen and oxygen atoms in total. The van der Waals surface area contributed by atoms with E-state index in [2.05, 4.69) is 39.5 Å². The van der Waals surface area contributed by atoms with Crippen LogP contribution < -0.4 is 10.2 Å². The Morgan fingerprint density at radius 3 is 2.77 bits per heavy atom. The van der Waals surface area contributed by atoms with Crippen molar-refractivity contribution in [3.05, 3.63) is 40.4 Å². The molecule has 4 rings (SSSR count). The van der Waals surface area contributed by atoms with E-state index in [9.17, 15) is 4.79 Å². The molecule has 1 aliphatic carbocycles. The maximum absolute atomic E-state index is 12.6. The van der Waals surface area contributed by atoms with E-state index < -0.39 is 0 Å². The molecular formula is C20H26N4OS. The van der Waals surface area contributed by atoms with Crippen molar-refractivity contribution in [2.24, 2.45) is 0 Å². The van der Waals surface area contributed by atoms with Crippen LogP contribution >= 0.6 is 11.3 Å². The number of hydrogen-bond acceptors (Lipinski definition) is 4. The van der Waals surface area contributed by atoms with E-state index in [0.29, 0.717) is 6.54 Å². The second-order valence-corrected chi connectivity index (χ2v) is 8.29. The highest BCUT2D eigenvalue weighted by atomic mass is 32.1. The van der Waals surface area contributed by atoms with Gasteiger partial charge in [0.2, 0.25) is 0 Å². The standard InChI is InChI=1S/C20H26N4OS/c1-23(14-15-8-2-4-10-17(15)24-12-6-7-13-24)20(25)22-19-21-16-9-3-5-11-18(16)26-19/h2,4,8,10H,3,5-7,9,11-14H2,1H3,(H,21,22,25). The second-order valence-electron chi connectivity index (χ2n) is 7.21. The molecule has 0 radical (unpaired) electrons. The number of carbonyl (C=O) groups excluding carboxylic acids is 1. The molecule has 138 valence electrons. The molecule has 0 atom stereocenters. The largest absolute Gasteiger partial charge is 0.371 e. The van der Waals surface area contributed by atoms with Gasteiger partial charge in [0.25, 0.3) is 0 Å². The summed E-state index contributed by atoms with van der Waals surface area (Å²) in [6, 6.07) is 8.33. The summed E-state index contributed by atoms with van der Waals surface area (Å²) >= 11 is 1.63. The first-order chi connectivity index (χ1) is 12.7. The second kappa shape index (κ2) is 7.66. The number of aromatic nitrogens is 1. The maximum atomic E-state index is 12.6. The molecule has 1 aliphatic heterocycles. The molecule has 2 aromatic rings. The van der Waals surface area contributed by atoms with E-state index in [1.165, 1.54) is 47.5 Å². The van der Waals surface area contributed by atoms with E-state index in [4.69, 9.17) is 0 Å². The summed E-state index contributed by atoms with van der Waals surface area (Å²) in [6.45, 7) is 2.82. The zero-order chi connectivity index (χ0) is 17.9. The van der Waals surface area contributed by atoms with Gasteiger partial charge in [-0.05, 0) is 50.2 Å². The van der Waals surface area contributed by atoms with Gasteiger partial charge in [-0.25, -0.2) is 9.78 Å². The van der Waals surface area contributed by atoms with Crippen LogP contribution in [-0.2, 0) is 19.4 Å². The van der Waals surface area contributed by atoms with Gasteiger partial charge in [0.15, 0.2) is 5.13 Å². The molecule has 0 bridgehead atoms. The SMILES string of the molecule is CN(Cc1ccccc1N1CCCC1)C(=O)Nc1nc2c(s1)CCCC2. The Balaban J connectivity index is 1.42. The zero-order valence-electron chi connectivity index (χ0n) is 15.3. The third kappa shape index (κ3) is 3.70. The smallest absolute Gasteiger partial charge is 0.323 e. The Morgan fingerprint density at radius 2 is 1.96 bits per heavy atom. The molecule has 0 spiro atoms. The van der Waals surface area contributed by atoms with Crippen molar-refractivity contribution in [1.82, 2.24) is 9.88 Å².